The van der Waals surface area contributed by atoms with E-state index in [2.05, 4.69) is 26.0 Å². The van der Waals surface area contributed by atoms with E-state index in [0.29, 0.717) is 19.0 Å². The Balaban J connectivity index is 1.53. The Hall–Kier alpha value is -2.19. The molecule has 1 fully saturated rings. The van der Waals surface area contributed by atoms with Crippen LogP contribution in [0, 0.1) is 0 Å². The summed E-state index contributed by atoms with van der Waals surface area (Å²) in [6.07, 6.45) is 8.11. The van der Waals surface area contributed by atoms with Crippen molar-refractivity contribution in [2.75, 3.05) is 13.1 Å². The van der Waals surface area contributed by atoms with Crippen LogP contribution < -0.4 is 0 Å². The van der Waals surface area contributed by atoms with Crippen molar-refractivity contribution in [2.24, 2.45) is 0 Å². The van der Waals surface area contributed by atoms with Gasteiger partial charge in [0.25, 0.3) is 10.0 Å². The molecule has 0 aromatic carbocycles. The Morgan fingerprint density at radius 3 is 2.78 bits per heavy atom. The maximum atomic E-state index is 12.5. The van der Waals surface area contributed by atoms with Gasteiger partial charge in [-0.1, -0.05) is 0 Å². The van der Waals surface area contributed by atoms with Gasteiger partial charge in [0.15, 0.2) is 5.03 Å². The van der Waals surface area contributed by atoms with E-state index in [4.69, 9.17) is 0 Å². The number of piperidine rings is 1. The van der Waals surface area contributed by atoms with Crippen LogP contribution in [0.4, 0.5) is 0 Å². The van der Waals surface area contributed by atoms with Crippen molar-refractivity contribution in [2.45, 2.75) is 23.8 Å². The van der Waals surface area contributed by atoms with Crippen molar-refractivity contribution in [1.29, 1.82) is 0 Å². The second-order valence-electron chi connectivity index (χ2n) is 5.74. The van der Waals surface area contributed by atoms with Crippen molar-refractivity contribution in [1.82, 2.24) is 24.2 Å². The highest BCUT2D eigenvalue weighted by atomic mass is 32.2. The number of H-pyrrole nitrogens is 2. The molecule has 1 aliphatic rings. The van der Waals surface area contributed by atoms with Crippen LogP contribution in [-0.4, -0.2) is 45.7 Å². The van der Waals surface area contributed by atoms with Gasteiger partial charge in [0.05, 0.1) is 12.5 Å². The first-order valence-corrected chi connectivity index (χ1v) is 9.01. The van der Waals surface area contributed by atoms with Crippen LogP contribution >= 0.6 is 0 Å². The normalized spacial score (nSPS) is 17.7. The lowest BCUT2D eigenvalue weighted by Crippen LogP contribution is -2.38. The van der Waals surface area contributed by atoms with Crippen molar-refractivity contribution >= 4 is 21.1 Å². The summed E-state index contributed by atoms with van der Waals surface area (Å²) in [5.41, 5.74) is 2.11. The van der Waals surface area contributed by atoms with Gasteiger partial charge in [-0.3, -0.25) is 0 Å². The van der Waals surface area contributed by atoms with Gasteiger partial charge in [-0.2, -0.15) is 4.31 Å². The van der Waals surface area contributed by atoms with E-state index in [-0.39, 0.29) is 5.03 Å². The average Bonchev–Trinajstić information content (AvgIpc) is 3.25. The molecule has 0 aliphatic carbocycles. The number of rotatable bonds is 3. The third kappa shape index (κ3) is 2.43. The molecule has 0 unspecified atom stereocenters. The van der Waals surface area contributed by atoms with Crippen molar-refractivity contribution < 1.29 is 8.42 Å². The Kier molecular flexibility index (Phi) is 3.42. The first-order valence-electron chi connectivity index (χ1n) is 7.57. The Morgan fingerprint density at radius 1 is 1.22 bits per heavy atom. The van der Waals surface area contributed by atoms with Crippen LogP contribution in [0.1, 0.15) is 24.3 Å². The zero-order valence-electron chi connectivity index (χ0n) is 12.4. The van der Waals surface area contributed by atoms with Crippen LogP contribution in [0.15, 0.2) is 42.1 Å². The number of hydrogen-bond donors (Lipinski definition) is 2. The Bertz CT molecular complexity index is 908. The highest BCUT2D eigenvalue weighted by Crippen LogP contribution is 2.33. The number of pyridine rings is 1. The summed E-state index contributed by atoms with van der Waals surface area (Å²) in [5.74, 6) is 0.348. The van der Waals surface area contributed by atoms with Gasteiger partial charge in [0.2, 0.25) is 0 Å². The molecule has 23 heavy (non-hydrogen) atoms. The fourth-order valence-electron chi connectivity index (χ4n) is 3.25. The predicted octanol–water partition coefficient (Wildman–Crippen LogP) is 1.85. The summed E-state index contributed by atoms with van der Waals surface area (Å²) in [6, 6.07) is 3.99. The first kappa shape index (κ1) is 14.4. The quantitative estimate of drug-likeness (QED) is 0.766. The largest absolute Gasteiger partial charge is 0.346 e. The lowest BCUT2D eigenvalue weighted by atomic mass is 9.90. The Labute approximate surface area is 133 Å². The molecule has 3 aromatic heterocycles. The molecule has 0 saturated carbocycles. The van der Waals surface area contributed by atoms with Crippen molar-refractivity contribution in [3.8, 4) is 0 Å². The number of fused-ring (bicyclic) bond motifs is 1. The summed E-state index contributed by atoms with van der Waals surface area (Å²) in [4.78, 5) is 14.0. The van der Waals surface area contributed by atoms with Gasteiger partial charge < -0.3 is 9.97 Å². The molecular formula is C15H17N5O2S. The minimum absolute atomic E-state index is 0.159. The summed E-state index contributed by atoms with van der Waals surface area (Å²) in [5, 5.41) is 1.29. The summed E-state index contributed by atoms with van der Waals surface area (Å²) in [6.45, 7) is 1.03. The third-order valence-corrected chi connectivity index (χ3v) is 6.29. The molecule has 1 saturated heterocycles. The van der Waals surface area contributed by atoms with E-state index in [1.807, 2.05) is 12.3 Å². The van der Waals surface area contributed by atoms with Gasteiger partial charge in [0.1, 0.15) is 5.65 Å². The van der Waals surface area contributed by atoms with Crippen molar-refractivity contribution in [3.05, 3.63) is 42.6 Å². The molecular weight excluding hydrogens is 314 g/mol. The second-order valence-corrected chi connectivity index (χ2v) is 7.64. The van der Waals surface area contributed by atoms with Crippen LogP contribution in [0.5, 0.6) is 0 Å². The molecule has 4 heterocycles. The predicted molar refractivity (Wildman–Crippen MR) is 85.4 cm³/mol. The second kappa shape index (κ2) is 5.47. The highest BCUT2D eigenvalue weighted by Gasteiger charge is 2.31. The highest BCUT2D eigenvalue weighted by molar-refractivity contribution is 7.89. The summed E-state index contributed by atoms with van der Waals surface area (Å²) < 4.78 is 26.5. The van der Waals surface area contributed by atoms with Crippen LogP contribution in [0.2, 0.25) is 0 Å². The van der Waals surface area contributed by atoms with E-state index in [1.165, 1.54) is 22.4 Å². The standard InChI is InChI=1S/C15H17N5O2S/c21-23(22,14-9-16-10-19-14)20-6-3-11(4-7-20)13-8-18-15-12(13)2-1-5-17-15/h1-2,5,8-11H,3-4,6-7H2,(H,16,19)(H,17,18). The third-order valence-electron chi connectivity index (χ3n) is 4.47. The Morgan fingerprint density at radius 2 is 2.04 bits per heavy atom. The first-order chi connectivity index (χ1) is 11.2. The molecule has 2 N–H and O–H groups in total. The lowest BCUT2D eigenvalue weighted by Gasteiger charge is -2.30. The summed E-state index contributed by atoms with van der Waals surface area (Å²) in [7, 11) is -3.46. The van der Waals surface area contributed by atoms with Gasteiger partial charge >= 0.3 is 0 Å². The molecule has 3 aromatic rings. The molecule has 4 rings (SSSR count). The molecule has 7 nitrogen and oxygen atoms in total. The molecule has 0 amide bonds. The number of aromatic nitrogens is 4. The molecule has 0 spiro atoms. The number of hydrogen-bond acceptors (Lipinski definition) is 4. The lowest BCUT2D eigenvalue weighted by molar-refractivity contribution is 0.319. The molecule has 120 valence electrons. The number of nitrogens with one attached hydrogen (secondary N) is 2. The summed E-state index contributed by atoms with van der Waals surface area (Å²) >= 11 is 0. The number of imidazole rings is 1. The van der Waals surface area contributed by atoms with Crippen LogP contribution in [-0.2, 0) is 10.0 Å². The van der Waals surface area contributed by atoms with E-state index < -0.39 is 10.0 Å². The average molecular weight is 331 g/mol. The smallest absolute Gasteiger partial charge is 0.260 e. The van der Waals surface area contributed by atoms with Gasteiger partial charge in [-0.25, -0.2) is 18.4 Å². The van der Waals surface area contributed by atoms with Gasteiger partial charge in [-0.05, 0) is 36.5 Å². The van der Waals surface area contributed by atoms with Gasteiger partial charge in [0, 0.05) is 30.9 Å². The molecule has 1 aliphatic heterocycles. The maximum absolute atomic E-state index is 12.5. The topological polar surface area (TPSA) is 94.7 Å². The maximum Gasteiger partial charge on any atom is 0.260 e. The van der Waals surface area contributed by atoms with Crippen LogP contribution in [0.25, 0.3) is 11.0 Å². The minimum Gasteiger partial charge on any atom is -0.346 e. The van der Waals surface area contributed by atoms with Gasteiger partial charge in [-0.15, -0.1) is 0 Å². The minimum atomic E-state index is -3.46. The molecule has 0 bridgehead atoms. The van der Waals surface area contributed by atoms with E-state index >= 15 is 0 Å². The number of sulfonamides is 1. The van der Waals surface area contributed by atoms with E-state index in [1.54, 1.807) is 6.20 Å². The van der Waals surface area contributed by atoms with E-state index in [0.717, 1.165) is 23.9 Å². The van der Waals surface area contributed by atoms with Crippen LogP contribution in [0.3, 0.4) is 0 Å². The van der Waals surface area contributed by atoms with E-state index in [9.17, 15) is 8.42 Å². The zero-order chi connectivity index (χ0) is 15.9. The molecule has 8 heteroatoms. The number of nitrogens with zero attached hydrogens (tertiary/aromatic N) is 3. The fraction of sp³-hybridized carbons (Fsp3) is 0.333. The molecule has 0 radical (unpaired) electrons. The van der Waals surface area contributed by atoms with Crippen molar-refractivity contribution in [3.63, 3.8) is 0 Å². The SMILES string of the molecule is O=S(=O)(c1cnc[nH]1)N1CCC(c2c[nH]c3ncccc23)CC1. The zero-order valence-corrected chi connectivity index (χ0v) is 13.3. The molecule has 0 atom stereocenters. The fourth-order valence-corrected chi connectivity index (χ4v) is 4.61. The number of aromatic amines is 2. The monoisotopic (exact) mass is 331 g/mol.